The summed E-state index contributed by atoms with van der Waals surface area (Å²) in [5.74, 6) is 0. The highest BCUT2D eigenvalue weighted by atomic mass is 16.2. The third-order valence-electron chi connectivity index (χ3n) is 2.83. The van der Waals surface area contributed by atoms with E-state index in [1.54, 1.807) is 0 Å². The molecule has 3 N–H and O–H groups in total. The molecule has 0 radical (unpaired) electrons. The predicted molar refractivity (Wildman–Crippen MR) is 62.0 cm³/mol. The largest absolute Gasteiger partial charge is 0.338 e. The molecule has 0 aromatic rings. The summed E-state index contributed by atoms with van der Waals surface area (Å²) in [5.41, 5.74) is 0. The van der Waals surface area contributed by atoms with E-state index in [0.717, 1.165) is 32.4 Å². The fraction of sp³-hybridized carbons (Fsp3) is 0.909. The first kappa shape index (κ1) is 12.3. The summed E-state index contributed by atoms with van der Waals surface area (Å²) in [6.45, 7) is 1.70. The number of carbonyl (C=O) groups is 1. The SMILES string of the molecule is CNCCCNC(=O)NC1CCCCC1. The van der Waals surface area contributed by atoms with Gasteiger partial charge in [-0.2, -0.15) is 0 Å². The molecule has 88 valence electrons. The lowest BCUT2D eigenvalue weighted by Crippen LogP contribution is -2.43. The number of nitrogens with one attached hydrogen (secondary N) is 3. The minimum atomic E-state index is -0.00185. The van der Waals surface area contributed by atoms with Gasteiger partial charge in [0, 0.05) is 12.6 Å². The molecule has 4 heteroatoms. The molecule has 0 bridgehead atoms. The predicted octanol–water partition coefficient (Wildman–Crippen LogP) is 1.23. The van der Waals surface area contributed by atoms with E-state index >= 15 is 0 Å². The van der Waals surface area contributed by atoms with Gasteiger partial charge in [-0.25, -0.2) is 4.79 Å². The fourth-order valence-corrected chi connectivity index (χ4v) is 1.95. The lowest BCUT2D eigenvalue weighted by molar-refractivity contribution is 0.232. The Kier molecular flexibility index (Phi) is 6.16. The van der Waals surface area contributed by atoms with E-state index in [-0.39, 0.29) is 6.03 Å². The van der Waals surface area contributed by atoms with Gasteiger partial charge >= 0.3 is 6.03 Å². The van der Waals surface area contributed by atoms with Crippen LogP contribution in [0.1, 0.15) is 38.5 Å². The van der Waals surface area contributed by atoms with Crippen LogP contribution in [-0.2, 0) is 0 Å². The number of hydrogen-bond acceptors (Lipinski definition) is 2. The standard InChI is InChI=1S/C11H23N3O/c1-12-8-5-9-13-11(15)14-10-6-3-2-4-7-10/h10,12H,2-9H2,1H3,(H2,13,14,15). The molecule has 0 aromatic heterocycles. The van der Waals surface area contributed by atoms with Crippen molar-refractivity contribution < 1.29 is 4.79 Å². The van der Waals surface area contributed by atoms with Crippen molar-refractivity contribution in [1.29, 1.82) is 0 Å². The first-order chi connectivity index (χ1) is 7.33. The van der Waals surface area contributed by atoms with Crippen LogP contribution >= 0.6 is 0 Å². The lowest BCUT2D eigenvalue weighted by atomic mass is 9.96. The van der Waals surface area contributed by atoms with E-state index < -0.39 is 0 Å². The van der Waals surface area contributed by atoms with Gasteiger partial charge in [-0.1, -0.05) is 19.3 Å². The number of rotatable bonds is 5. The molecule has 1 aliphatic rings. The Morgan fingerprint density at radius 2 is 1.93 bits per heavy atom. The summed E-state index contributed by atoms with van der Waals surface area (Å²) in [7, 11) is 1.92. The van der Waals surface area contributed by atoms with Gasteiger partial charge in [-0.05, 0) is 32.9 Å². The molecular weight excluding hydrogens is 190 g/mol. The van der Waals surface area contributed by atoms with Crippen LogP contribution in [0.5, 0.6) is 0 Å². The van der Waals surface area contributed by atoms with Crippen LogP contribution in [0, 0.1) is 0 Å². The van der Waals surface area contributed by atoms with Crippen molar-refractivity contribution in [2.24, 2.45) is 0 Å². The van der Waals surface area contributed by atoms with Crippen molar-refractivity contribution in [3.8, 4) is 0 Å². The van der Waals surface area contributed by atoms with Crippen molar-refractivity contribution in [1.82, 2.24) is 16.0 Å². The maximum atomic E-state index is 11.4. The molecule has 0 atom stereocenters. The van der Waals surface area contributed by atoms with E-state index in [2.05, 4.69) is 16.0 Å². The molecule has 0 heterocycles. The molecule has 0 aromatic carbocycles. The van der Waals surface area contributed by atoms with Crippen LogP contribution in [-0.4, -0.2) is 32.2 Å². The minimum absolute atomic E-state index is 0.00185. The minimum Gasteiger partial charge on any atom is -0.338 e. The maximum Gasteiger partial charge on any atom is 0.315 e. The molecule has 0 aliphatic heterocycles. The molecule has 15 heavy (non-hydrogen) atoms. The molecule has 2 amide bonds. The number of amides is 2. The maximum absolute atomic E-state index is 11.4. The third-order valence-corrected chi connectivity index (χ3v) is 2.83. The number of urea groups is 1. The average molecular weight is 213 g/mol. The summed E-state index contributed by atoms with van der Waals surface area (Å²) in [5, 5.41) is 8.95. The molecule has 4 nitrogen and oxygen atoms in total. The van der Waals surface area contributed by atoms with Crippen molar-refractivity contribution in [2.45, 2.75) is 44.6 Å². The quantitative estimate of drug-likeness (QED) is 0.602. The van der Waals surface area contributed by atoms with Crippen molar-refractivity contribution in [3.05, 3.63) is 0 Å². The Morgan fingerprint density at radius 1 is 1.20 bits per heavy atom. The Balaban J connectivity index is 2.01. The highest BCUT2D eigenvalue weighted by Crippen LogP contribution is 2.16. The Bertz CT molecular complexity index is 179. The van der Waals surface area contributed by atoms with Gasteiger partial charge in [0.15, 0.2) is 0 Å². The van der Waals surface area contributed by atoms with E-state index in [4.69, 9.17) is 0 Å². The van der Waals surface area contributed by atoms with Crippen molar-refractivity contribution in [2.75, 3.05) is 20.1 Å². The zero-order chi connectivity index (χ0) is 10.9. The first-order valence-corrected chi connectivity index (χ1v) is 6.02. The fourth-order valence-electron chi connectivity index (χ4n) is 1.95. The smallest absolute Gasteiger partial charge is 0.315 e. The van der Waals surface area contributed by atoms with Gasteiger partial charge in [-0.15, -0.1) is 0 Å². The normalized spacial score (nSPS) is 17.4. The summed E-state index contributed by atoms with van der Waals surface area (Å²) < 4.78 is 0. The van der Waals surface area contributed by atoms with Crippen LogP contribution < -0.4 is 16.0 Å². The van der Waals surface area contributed by atoms with Gasteiger partial charge in [0.05, 0.1) is 0 Å². The lowest BCUT2D eigenvalue weighted by Gasteiger charge is -2.22. The molecule has 1 fully saturated rings. The second-order valence-electron chi connectivity index (χ2n) is 4.19. The van der Waals surface area contributed by atoms with E-state index in [1.165, 1.54) is 19.3 Å². The Labute approximate surface area is 92.2 Å². The van der Waals surface area contributed by atoms with E-state index in [0.29, 0.717) is 6.04 Å². The van der Waals surface area contributed by atoms with E-state index in [9.17, 15) is 4.79 Å². The topological polar surface area (TPSA) is 53.2 Å². The van der Waals surface area contributed by atoms with E-state index in [1.807, 2.05) is 7.05 Å². The summed E-state index contributed by atoms with van der Waals surface area (Å²) >= 11 is 0. The Hall–Kier alpha value is -0.770. The highest BCUT2D eigenvalue weighted by Gasteiger charge is 2.14. The molecule has 1 rings (SSSR count). The summed E-state index contributed by atoms with van der Waals surface area (Å²) in [6.07, 6.45) is 7.10. The zero-order valence-electron chi connectivity index (χ0n) is 9.64. The van der Waals surface area contributed by atoms with Gasteiger partial charge < -0.3 is 16.0 Å². The first-order valence-electron chi connectivity index (χ1n) is 6.02. The third kappa shape index (κ3) is 5.62. The number of carbonyl (C=O) groups excluding carboxylic acids is 1. The van der Waals surface area contributed by atoms with Crippen molar-refractivity contribution >= 4 is 6.03 Å². The van der Waals surface area contributed by atoms with Crippen LogP contribution in [0.15, 0.2) is 0 Å². The van der Waals surface area contributed by atoms with Crippen LogP contribution in [0.4, 0.5) is 4.79 Å². The van der Waals surface area contributed by atoms with Gasteiger partial charge in [0.25, 0.3) is 0 Å². The zero-order valence-corrected chi connectivity index (χ0v) is 9.64. The number of hydrogen-bond donors (Lipinski definition) is 3. The highest BCUT2D eigenvalue weighted by molar-refractivity contribution is 5.74. The van der Waals surface area contributed by atoms with Gasteiger partial charge in [0.1, 0.15) is 0 Å². The summed E-state index contributed by atoms with van der Waals surface area (Å²) in [4.78, 5) is 11.4. The average Bonchev–Trinajstić information content (AvgIpc) is 2.26. The van der Waals surface area contributed by atoms with Crippen LogP contribution in [0.2, 0.25) is 0 Å². The molecular formula is C11H23N3O. The van der Waals surface area contributed by atoms with Crippen LogP contribution in [0.3, 0.4) is 0 Å². The molecule has 0 spiro atoms. The molecule has 1 saturated carbocycles. The van der Waals surface area contributed by atoms with Crippen molar-refractivity contribution in [3.63, 3.8) is 0 Å². The second kappa shape index (κ2) is 7.51. The second-order valence-corrected chi connectivity index (χ2v) is 4.19. The van der Waals surface area contributed by atoms with Gasteiger partial charge in [0.2, 0.25) is 0 Å². The van der Waals surface area contributed by atoms with Crippen LogP contribution in [0.25, 0.3) is 0 Å². The van der Waals surface area contributed by atoms with Gasteiger partial charge in [-0.3, -0.25) is 0 Å². The molecule has 0 unspecified atom stereocenters. The Morgan fingerprint density at radius 3 is 2.60 bits per heavy atom. The molecule has 0 saturated heterocycles. The summed E-state index contributed by atoms with van der Waals surface area (Å²) in [6, 6.07) is 0.404. The monoisotopic (exact) mass is 213 g/mol. The molecule has 1 aliphatic carbocycles.